The van der Waals surface area contributed by atoms with Gasteiger partial charge >= 0.3 is 6.18 Å². The second kappa shape index (κ2) is 7.74. The zero-order valence-corrected chi connectivity index (χ0v) is 12.7. The van der Waals surface area contributed by atoms with Crippen molar-refractivity contribution in [3.63, 3.8) is 0 Å². The number of hydrogen-bond donors (Lipinski definition) is 1. The fourth-order valence-corrected chi connectivity index (χ4v) is 2.11. The van der Waals surface area contributed by atoms with E-state index >= 15 is 0 Å². The van der Waals surface area contributed by atoms with Crippen molar-refractivity contribution >= 4 is 12.1 Å². The van der Waals surface area contributed by atoms with Gasteiger partial charge in [0.1, 0.15) is 0 Å². The third-order valence-corrected chi connectivity index (χ3v) is 3.22. The van der Waals surface area contributed by atoms with E-state index in [1.165, 1.54) is 25.3 Å². The molecule has 0 fully saturated rings. The Bertz CT molecular complexity index is 715. The van der Waals surface area contributed by atoms with Gasteiger partial charge in [0.15, 0.2) is 6.10 Å². The van der Waals surface area contributed by atoms with Crippen molar-refractivity contribution in [3.8, 4) is 0 Å². The number of halogens is 3. The summed E-state index contributed by atoms with van der Waals surface area (Å²) in [5, 5.41) is 3.61. The molecule has 1 amide bonds. The molecule has 126 valence electrons. The van der Waals surface area contributed by atoms with E-state index in [-0.39, 0.29) is 5.56 Å². The fraction of sp³-hybridized carbons (Fsp3) is 0.176. The van der Waals surface area contributed by atoms with Crippen LogP contribution in [0.25, 0.3) is 0 Å². The second-order valence-corrected chi connectivity index (χ2v) is 4.85. The Balaban J connectivity index is 2.10. The molecule has 2 aromatic rings. The topological polar surface area (TPSA) is 50.7 Å². The first-order valence-electron chi connectivity index (χ1n) is 7.00. The fourth-order valence-electron chi connectivity index (χ4n) is 2.11. The van der Waals surface area contributed by atoms with Crippen LogP contribution in [0.1, 0.15) is 22.8 Å². The number of hydrazone groups is 1. The van der Waals surface area contributed by atoms with Crippen LogP contribution in [-0.4, -0.2) is 19.2 Å². The Hall–Kier alpha value is -2.67. The second-order valence-electron chi connectivity index (χ2n) is 4.85. The molecule has 2 rings (SSSR count). The third kappa shape index (κ3) is 4.42. The number of hydrogen-bond acceptors (Lipinski definition) is 3. The van der Waals surface area contributed by atoms with Crippen LogP contribution >= 0.6 is 0 Å². The average Bonchev–Trinajstić information content (AvgIpc) is 2.56. The molecule has 0 spiro atoms. The van der Waals surface area contributed by atoms with Gasteiger partial charge in [-0.3, -0.25) is 4.79 Å². The van der Waals surface area contributed by atoms with Gasteiger partial charge in [-0.25, -0.2) is 5.43 Å². The molecule has 7 heteroatoms. The molecular formula is C17H15F3N2O2. The molecule has 0 radical (unpaired) electrons. The molecule has 1 N–H and O–H groups in total. The van der Waals surface area contributed by atoms with Gasteiger partial charge < -0.3 is 4.74 Å². The highest BCUT2D eigenvalue weighted by atomic mass is 19.4. The number of benzene rings is 2. The van der Waals surface area contributed by atoms with E-state index in [0.717, 1.165) is 12.3 Å². The standard InChI is InChI=1S/C17H15F3N2O2/c1-24-15(12-7-3-2-4-8-12)16(23)22-21-11-13-9-5-6-10-14(13)17(18,19)20/h2-11,15H,1H3,(H,22,23)/b21-11-/t15-/m1/s1. The highest BCUT2D eigenvalue weighted by Crippen LogP contribution is 2.31. The SMILES string of the molecule is CO[C@@H](C(=O)N/N=C\c1ccccc1C(F)(F)F)c1ccccc1. The van der Waals surface area contributed by atoms with Gasteiger partial charge in [0, 0.05) is 12.7 Å². The molecule has 2 aromatic carbocycles. The molecule has 24 heavy (non-hydrogen) atoms. The molecule has 4 nitrogen and oxygen atoms in total. The summed E-state index contributed by atoms with van der Waals surface area (Å²) < 4.78 is 43.7. The highest BCUT2D eigenvalue weighted by molar-refractivity contribution is 5.86. The van der Waals surface area contributed by atoms with Gasteiger partial charge in [-0.1, -0.05) is 48.5 Å². The first-order chi connectivity index (χ1) is 11.4. The van der Waals surface area contributed by atoms with Gasteiger partial charge in [0.2, 0.25) is 0 Å². The summed E-state index contributed by atoms with van der Waals surface area (Å²) in [4.78, 5) is 12.1. The minimum atomic E-state index is -4.49. The van der Waals surface area contributed by atoms with Crippen LogP contribution in [0, 0.1) is 0 Å². The number of nitrogens with one attached hydrogen (secondary N) is 1. The number of carbonyl (C=O) groups is 1. The summed E-state index contributed by atoms with van der Waals surface area (Å²) in [6.45, 7) is 0. The molecule has 0 aliphatic heterocycles. The van der Waals surface area contributed by atoms with Gasteiger partial charge in [-0.15, -0.1) is 0 Å². The van der Waals surface area contributed by atoms with Gasteiger partial charge in [-0.2, -0.15) is 18.3 Å². The molecular weight excluding hydrogens is 321 g/mol. The maximum absolute atomic E-state index is 12.9. The van der Waals surface area contributed by atoms with Crippen LogP contribution in [0.4, 0.5) is 13.2 Å². The lowest BCUT2D eigenvalue weighted by Crippen LogP contribution is -2.26. The summed E-state index contributed by atoms with van der Waals surface area (Å²) in [6.07, 6.45) is -4.44. The number of alkyl halides is 3. The number of nitrogens with zero attached hydrogens (tertiary/aromatic N) is 1. The molecule has 0 aliphatic rings. The van der Waals surface area contributed by atoms with Gasteiger partial charge in [0.05, 0.1) is 11.8 Å². The molecule has 0 heterocycles. The van der Waals surface area contributed by atoms with Crippen molar-refractivity contribution in [2.45, 2.75) is 12.3 Å². The molecule has 1 atom stereocenters. The van der Waals surface area contributed by atoms with Crippen molar-refractivity contribution in [1.82, 2.24) is 5.43 Å². The zero-order valence-electron chi connectivity index (χ0n) is 12.7. The Kier molecular flexibility index (Phi) is 5.70. The summed E-state index contributed by atoms with van der Waals surface area (Å²) in [5.41, 5.74) is 1.85. The maximum Gasteiger partial charge on any atom is 0.417 e. The summed E-state index contributed by atoms with van der Waals surface area (Å²) >= 11 is 0. The van der Waals surface area contributed by atoms with Gasteiger partial charge in [-0.05, 0) is 11.6 Å². The van der Waals surface area contributed by atoms with E-state index in [9.17, 15) is 18.0 Å². The van der Waals surface area contributed by atoms with Gasteiger partial charge in [0.25, 0.3) is 5.91 Å². The summed E-state index contributed by atoms with van der Waals surface area (Å²) in [7, 11) is 1.36. The molecule has 0 bridgehead atoms. The Morgan fingerprint density at radius 2 is 1.75 bits per heavy atom. The number of ether oxygens (including phenoxy) is 1. The molecule has 0 aliphatic carbocycles. The first kappa shape index (κ1) is 17.7. The van der Waals surface area contributed by atoms with E-state index < -0.39 is 23.8 Å². The van der Waals surface area contributed by atoms with E-state index in [1.807, 2.05) is 0 Å². The van der Waals surface area contributed by atoms with Crippen LogP contribution in [0.15, 0.2) is 59.7 Å². The van der Waals surface area contributed by atoms with E-state index in [0.29, 0.717) is 5.56 Å². The lowest BCUT2D eigenvalue weighted by Gasteiger charge is -2.13. The first-order valence-corrected chi connectivity index (χ1v) is 7.00. The van der Waals surface area contributed by atoms with Crippen molar-refractivity contribution in [1.29, 1.82) is 0 Å². The molecule has 0 saturated heterocycles. The van der Waals surface area contributed by atoms with Crippen molar-refractivity contribution in [3.05, 3.63) is 71.3 Å². The number of amides is 1. The zero-order chi connectivity index (χ0) is 17.6. The average molecular weight is 336 g/mol. The van der Waals surface area contributed by atoms with Crippen LogP contribution in [0.3, 0.4) is 0 Å². The largest absolute Gasteiger partial charge is 0.417 e. The third-order valence-electron chi connectivity index (χ3n) is 3.22. The Morgan fingerprint density at radius 3 is 2.38 bits per heavy atom. The molecule has 0 unspecified atom stereocenters. The lowest BCUT2D eigenvalue weighted by atomic mass is 10.1. The van der Waals surface area contributed by atoms with E-state index in [2.05, 4.69) is 10.5 Å². The smallest absolute Gasteiger partial charge is 0.367 e. The highest BCUT2D eigenvalue weighted by Gasteiger charge is 2.32. The predicted octanol–water partition coefficient (Wildman–Crippen LogP) is 3.54. The number of methoxy groups -OCH3 is 1. The van der Waals surface area contributed by atoms with Crippen LogP contribution < -0.4 is 5.43 Å². The molecule has 0 aromatic heterocycles. The maximum atomic E-state index is 12.9. The van der Waals surface area contributed by atoms with E-state index in [4.69, 9.17) is 4.74 Å². The minimum absolute atomic E-state index is 0.140. The Labute approximate surface area is 137 Å². The molecule has 0 saturated carbocycles. The van der Waals surface area contributed by atoms with Crippen LogP contribution in [0.2, 0.25) is 0 Å². The van der Waals surface area contributed by atoms with E-state index in [1.54, 1.807) is 30.3 Å². The minimum Gasteiger partial charge on any atom is -0.367 e. The van der Waals surface area contributed by atoms with Crippen molar-refractivity contribution in [2.75, 3.05) is 7.11 Å². The monoisotopic (exact) mass is 336 g/mol. The number of carbonyl (C=O) groups excluding carboxylic acids is 1. The predicted molar refractivity (Wildman–Crippen MR) is 83.4 cm³/mol. The normalized spacial score (nSPS) is 13.0. The summed E-state index contributed by atoms with van der Waals surface area (Å²) in [6, 6.07) is 13.7. The van der Waals surface area contributed by atoms with Crippen LogP contribution in [0.5, 0.6) is 0 Å². The van der Waals surface area contributed by atoms with Crippen molar-refractivity contribution < 1.29 is 22.7 Å². The van der Waals surface area contributed by atoms with Crippen LogP contribution in [-0.2, 0) is 15.7 Å². The Morgan fingerprint density at radius 1 is 1.12 bits per heavy atom. The lowest BCUT2D eigenvalue weighted by molar-refractivity contribution is -0.137. The number of rotatable bonds is 5. The quantitative estimate of drug-likeness (QED) is 0.671. The summed E-state index contributed by atoms with van der Waals surface area (Å²) in [5.74, 6) is -0.579. The van der Waals surface area contributed by atoms with Crippen molar-refractivity contribution in [2.24, 2.45) is 5.10 Å².